The van der Waals surface area contributed by atoms with E-state index in [1.807, 2.05) is 6.92 Å². The van der Waals surface area contributed by atoms with Crippen LogP contribution in [0.25, 0.3) is 0 Å². The van der Waals surface area contributed by atoms with Gasteiger partial charge in [-0.15, -0.1) is 3.89 Å². The monoisotopic (exact) mass is 202 g/mol. The average Bonchev–Trinajstić information content (AvgIpc) is 2.03. The molecule has 0 unspecified atom stereocenters. The van der Waals surface area contributed by atoms with E-state index in [4.69, 9.17) is 0 Å². The van der Waals surface area contributed by atoms with E-state index in [9.17, 15) is 12.3 Å². The highest BCUT2D eigenvalue weighted by molar-refractivity contribution is 7.85. The van der Waals surface area contributed by atoms with E-state index in [0.29, 0.717) is 5.56 Å². The molecule has 0 saturated carbocycles. The van der Waals surface area contributed by atoms with E-state index in [1.54, 1.807) is 24.3 Å². The fourth-order valence-corrected chi connectivity index (χ4v) is 1.66. The van der Waals surface area contributed by atoms with Gasteiger partial charge in [-0.25, -0.2) is 0 Å². The lowest BCUT2D eigenvalue weighted by atomic mass is 10.1. The summed E-state index contributed by atoms with van der Waals surface area (Å²) >= 11 is 0. The van der Waals surface area contributed by atoms with Crippen LogP contribution >= 0.6 is 0 Å². The van der Waals surface area contributed by atoms with Gasteiger partial charge >= 0.3 is 10.2 Å². The largest absolute Gasteiger partial charge is 0.306 e. The standard InChI is InChI=1S/C9H11FO2S/c1-2-8-3-5-9(6-4-8)7-13(10,11)12/h3-6H,2,7H2,1H3. The molecule has 0 N–H and O–H groups in total. The number of aryl methyl sites for hydroxylation is 1. The Balaban J connectivity index is 2.81. The summed E-state index contributed by atoms with van der Waals surface area (Å²) in [6, 6.07) is 6.88. The number of rotatable bonds is 3. The van der Waals surface area contributed by atoms with Crippen LogP contribution in [0, 0.1) is 0 Å². The van der Waals surface area contributed by atoms with Crippen molar-refractivity contribution in [3.63, 3.8) is 0 Å². The van der Waals surface area contributed by atoms with E-state index in [1.165, 1.54) is 0 Å². The van der Waals surface area contributed by atoms with Crippen molar-refractivity contribution in [2.75, 3.05) is 0 Å². The molecule has 1 aromatic carbocycles. The van der Waals surface area contributed by atoms with Crippen LogP contribution in [0.15, 0.2) is 24.3 Å². The van der Waals surface area contributed by atoms with Crippen LogP contribution in [-0.2, 0) is 22.4 Å². The minimum Gasteiger partial charge on any atom is -0.194 e. The Morgan fingerprint density at radius 2 is 1.62 bits per heavy atom. The summed E-state index contributed by atoms with van der Waals surface area (Å²) in [5.74, 6) is -0.531. The molecule has 0 spiro atoms. The normalized spacial score (nSPS) is 11.5. The lowest BCUT2D eigenvalue weighted by molar-refractivity contribution is 0.551. The summed E-state index contributed by atoms with van der Waals surface area (Å²) in [5, 5.41) is 0. The second kappa shape index (κ2) is 3.87. The maximum atomic E-state index is 12.2. The molecule has 2 nitrogen and oxygen atoms in total. The fourth-order valence-electron chi connectivity index (χ4n) is 1.07. The van der Waals surface area contributed by atoms with Crippen molar-refractivity contribution in [3.8, 4) is 0 Å². The molecular weight excluding hydrogens is 191 g/mol. The van der Waals surface area contributed by atoms with Crippen molar-refractivity contribution in [1.82, 2.24) is 0 Å². The molecule has 72 valence electrons. The lowest BCUT2D eigenvalue weighted by Crippen LogP contribution is -1.96. The Bertz CT molecular complexity index is 367. The van der Waals surface area contributed by atoms with Gasteiger partial charge in [-0.2, -0.15) is 8.42 Å². The van der Waals surface area contributed by atoms with Gasteiger partial charge in [0.1, 0.15) is 5.75 Å². The molecule has 0 aliphatic rings. The molecule has 0 bridgehead atoms. The highest BCUT2D eigenvalue weighted by Gasteiger charge is 2.07. The molecule has 0 atom stereocenters. The van der Waals surface area contributed by atoms with Crippen LogP contribution in [0.4, 0.5) is 3.89 Å². The molecule has 13 heavy (non-hydrogen) atoms. The summed E-state index contributed by atoms with van der Waals surface area (Å²) < 4.78 is 32.8. The Labute approximate surface area is 77.6 Å². The molecule has 0 aromatic heterocycles. The van der Waals surface area contributed by atoms with Crippen LogP contribution in [0.3, 0.4) is 0 Å². The second-order valence-corrected chi connectivity index (χ2v) is 4.22. The van der Waals surface area contributed by atoms with Gasteiger partial charge in [0.2, 0.25) is 0 Å². The number of benzene rings is 1. The first-order valence-electron chi connectivity index (χ1n) is 4.01. The van der Waals surface area contributed by atoms with E-state index < -0.39 is 16.0 Å². The van der Waals surface area contributed by atoms with Crippen molar-refractivity contribution in [2.45, 2.75) is 19.1 Å². The molecule has 0 radical (unpaired) electrons. The molecule has 0 fully saturated rings. The quantitative estimate of drug-likeness (QED) is 0.703. The molecule has 0 heterocycles. The Morgan fingerprint density at radius 3 is 2.00 bits per heavy atom. The topological polar surface area (TPSA) is 34.1 Å². The lowest BCUT2D eigenvalue weighted by Gasteiger charge is -1.98. The van der Waals surface area contributed by atoms with Gasteiger partial charge in [-0.1, -0.05) is 31.2 Å². The molecular formula is C9H11FO2S. The SMILES string of the molecule is CCc1ccc(CS(=O)(=O)F)cc1. The van der Waals surface area contributed by atoms with Gasteiger partial charge in [0, 0.05) is 0 Å². The van der Waals surface area contributed by atoms with Crippen LogP contribution in [0.5, 0.6) is 0 Å². The first kappa shape index (κ1) is 10.2. The van der Waals surface area contributed by atoms with Crippen LogP contribution in [0.1, 0.15) is 18.1 Å². The zero-order valence-electron chi connectivity index (χ0n) is 7.33. The Hall–Kier alpha value is -0.900. The van der Waals surface area contributed by atoms with E-state index in [-0.39, 0.29) is 0 Å². The van der Waals surface area contributed by atoms with Crippen LogP contribution in [-0.4, -0.2) is 8.42 Å². The summed E-state index contributed by atoms with van der Waals surface area (Å²) in [7, 11) is -4.40. The third kappa shape index (κ3) is 3.55. The van der Waals surface area contributed by atoms with Gasteiger partial charge in [0.25, 0.3) is 0 Å². The summed E-state index contributed by atoms with van der Waals surface area (Å²) in [6.07, 6.45) is 0.892. The predicted octanol–water partition coefficient (Wildman–Crippen LogP) is 2.05. The first-order chi connectivity index (χ1) is 6.01. The summed E-state index contributed by atoms with van der Waals surface area (Å²) in [6.45, 7) is 2.00. The number of halogens is 1. The average molecular weight is 202 g/mol. The van der Waals surface area contributed by atoms with Crippen molar-refractivity contribution in [3.05, 3.63) is 35.4 Å². The van der Waals surface area contributed by atoms with Gasteiger partial charge in [0.15, 0.2) is 0 Å². The maximum Gasteiger partial charge on any atom is 0.306 e. The molecule has 0 aliphatic heterocycles. The van der Waals surface area contributed by atoms with Gasteiger partial charge < -0.3 is 0 Å². The number of hydrogen-bond acceptors (Lipinski definition) is 2. The predicted molar refractivity (Wildman–Crippen MR) is 49.6 cm³/mol. The van der Waals surface area contributed by atoms with E-state index in [2.05, 4.69) is 0 Å². The van der Waals surface area contributed by atoms with Gasteiger partial charge in [-0.3, -0.25) is 0 Å². The Morgan fingerprint density at radius 1 is 1.15 bits per heavy atom. The highest BCUT2D eigenvalue weighted by Crippen LogP contribution is 2.09. The van der Waals surface area contributed by atoms with Crippen molar-refractivity contribution in [2.24, 2.45) is 0 Å². The minimum absolute atomic E-state index is 0.486. The molecule has 0 amide bonds. The highest BCUT2D eigenvalue weighted by atomic mass is 32.3. The third-order valence-electron chi connectivity index (χ3n) is 1.77. The summed E-state index contributed by atoms with van der Waals surface area (Å²) in [5.41, 5.74) is 1.60. The molecule has 4 heteroatoms. The molecule has 0 saturated heterocycles. The Kier molecular flexibility index (Phi) is 3.03. The minimum atomic E-state index is -4.40. The second-order valence-electron chi connectivity index (χ2n) is 2.85. The molecule has 0 aliphatic carbocycles. The summed E-state index contributed by atoms with van der Waals surface area (Å²) in [4.78, 5) is 0. The molecule has 1 rings (SSSR count). The van der Waals surface area contributed by atoms with Gasteiger partial charge in [-0.05, 0) is 17.5 Å². The number of hydrogen-bond donors (Lipinski definition) is 0. The third-order valence-corrected chi connectivity index (χ3v) is 2.45. The first-order valence-corrected chi connectivity index (χ1v) is 5.56. The zero-order chi connectivity index (χ0) is 9.90. The van der Waals surface area contributed by atoms with Crippen LogP contribution < -0.4 is 0 Å². The smallest absolute Gasteiger partial charge is 0.194 e. The maximum absolute atomic E-state index is 12.2. The fraction of sp³-hybridized carbons (Fsp3) is 0.333. The van der Waals surface area contributed by atoms with Crippen molar-refractivity contribution in [1.29, 1.82) is 0 Å². The van der Waals surface area contributed by atoms with Crippen LogP contribution in [0.2, 0.25) is 0 Å². The van der Waals surface area contributed by atoms with E-state index in [0.717, 1.165) is 12.0 Å². The van der Waals surface area contributed by atoms with E-state index >= 15 is 0 Å². The zero-order valence-corrected chi connectivity index (χ0v) is 8.14. The van der Waals surface area contributed by atoms with Crippen molar-refractivity contribution < 1.29 is 12.3 Å². The van der Waals surface area contributed by atoms with Gasteiger partial charge in [0.05, 0.1) is 0 Å². The molecule has 1 aromatic rings. The van der Waals surface area contributed by atoms with Crippen molar-refractivity contribution >= 4 is 10.2 Å².